The number of aliphatic hydroxyl groups excluding tert-OH is 1. The van der Waals surface area contributed by atoms with Gasteiger partial charge in [-0.2, -0.15) is 0 Å². The molecule has 0 aliphatic heterocycles. The van der Waals surface area contributed by atoms with Gasteiger partial charge in [-0.3, -0.25) is 4.98 Å². The topological polar surface area (TPSA) is 33.1 Å². The first-order chi connectivity index (χ1) is 8.99. The minimum Gasteiger partial charge on any atom is -0.386 e. The molecule has 2 aromatic rings. The summed E-state index contributed by atoms with van der Waals surface area (Å²) < 4.78 is 13.3. The number of pyridine rings is 1. The lowest BCUT2D eigenvalue weighted by Crippen LogP contribution is -2.06. The summed E-state index contributed by atoms with van der Waals surface area (Å²) in [6.07, 6.45) is 0.522. The number of halogens is 4. The zero-order chi connectivity index (χ0) is 14.0. The predicted molar refractivity (Wildman–Crippen MR) is 74.3 cm³/mol. The first-order valence-corrected chi connectivity index (χ1v) is 6.54. The van der Waals surface area contributed by atoms with Gasteiger partial charge in [-0.05, 0) is 17.7 Å². The Morgan fingerprint density at radius 2 is 2.00 bits per heavy atom. The molecule has 1 unspecified atom stereocenters. The molecule has 1 heterocycles. The van der Waals surface area contributed by atoms with Crippen molar-refractivity contribution < 1.29 is 9.50 Å². The molecule has 0 bridgehead atoms. The van der Waals surface area contributed by atoms with Gasteiger partial charge >= 0.3 is 0 Å². The Kier molecular flexibility index (Phi) is 4.63. The predicted octanol–water partition coefficient (Wildman–Crippen LogP) is 4.46. The molecule has 100 valence electrons. The van der Waals surface area contributed by atoms with Gasteiger partial charge < -0.3 is 5.11 Å². The first kappa shape index (κ1) is 14.5. The minimum absolute atomic E-state index is 0.00774. The van der Waals surface area contributed by atoms with E-state index in [1.807, 2.05) is 0 Å². The largest absolute Gasteiger partial charge is 0.386 e. The Morgan fingerprint density at radius 3 is 2.68 bits per heavy atom. The molecular weight excluding hydrogens is 312 g/mol. The van der Waals surface area contributed by atoms with Crippen molar-refractivity contribution in [2.45, 2.75) is 12.5 Å². The van der Waals surface area contributed by atoms with Gasteiger partial charge in [-0.1, -0.05) is 46.9 Å². The third-order valence-corrected chi connectivity index (χ3v) is 3.53. The monoisotopic (exact) mass is 319 g/mol. The summed E-state index contributed by atoms with van der Waals surface area (Å²) in [5, 5.41) is 10.7. The van der Waals surface area contributed by atoms with E-state index in [4.69, 9.17) is 34.8 Å². The van der Waals surface area contributed by atoms with Crippen LogP contribution < -0.4 is 0 Å². The molecule has 0 aliphatic rings. The molecule has 0 saturated carbocycles. The van der Waals surface area contributed by atoms with Gasteiger partial charge in [0, 0.05) is 12.6 Å². The zero-order valence-corrected chi connectivity index (χ0v) is 11.8. The second kappa shape index (κ2) is 6.06. The van der Waals surface area contributed by atoms with E-state index < -0.39 is 11.9 Å². The van der Waals surface area contributed by atoms with Crippen LogP contribution in [-0.2, 0) is 6.42 Å². The van der Waals surface area contributed by atoms with Crippen molar-refractivity contribution in [3.63, 3.8) is 0 Å². The standard InChI is InChI=1S/C13H9Cl3FNO/c14-8-5-9(15)13(18-6-8)11(19)4-7-2-1-3-10(17)12(7)16/h1-3,5-6,11,19H,4H2. The Hall–Kier alpha value is -0.870. The highest BCUT2D eigenvalue weighted by Gasteiger charge is 2.17. The molecule has 0 amide bonds. The van der Waals surface area contributed by atoms with Crippen molar-refractivity contribution in [2.75, 3.05) is 0 Å². The molecule has 0 fully saturated rings. The van der Waals surface area contributed by atoms with E-state index in [-0.39, 0.29) is 22.2 Å². The fraction of sp³-hybridized carbons (Fsp3) is 0.154. The maximum absolute atomic E-state index is 13.3. The van der Waals surface area contributed by atoms with Crippen molar-refractivity contribution >= 4 is 34.8 Å². The van der Waals surface area contributed by atoms with Gasteiger partial charge in [-0.15, -0.1) is 0 Å². The van der Waals surface area contributed by atoms with Gasteiger partial charge in [0.15, 0.2) is 0 Å². The van der Waals surface area contributed by atoms with Crippen molar-refractivity contribution in [1.82, 2.24) is 4.98 Å². The number of aromatic nitrogens is 1. The quantitative estimate of drug-likeness (QED) is 0.906. The van der Waals surface area contributed by atoms with Crippen LogP contribution in [0.5, 0.6) is 0 Å². The molecule has 1 atom stereocenters. The Labute approximate surface area is 124 Å². The molecular formula is C13H9Cl3FNO. The average molecular weight is 321 g/mol. The molecule has 2 nitrogen and oxygen atoms in total. The number of rotatable bonds is 3. The van der Waals surface area contributed by atoms with Crippen LogP contribution in [0.1, 0.15) is 17.4 Å². The summed E-state index contributed by atoms with van der Waals surface area (Å²) in [4.78, 5) is 3.98. The van der Waals surface area contributed by atoms with E-state index in [9.17, 15) is 9.50 Å². The minimum atomic E-state index is -0.982. The number of hydrogen-bond acceptors (Lipinski definition) is 2. The second-order valence-electron chi connectivity index (χ2n) is 3.95. The summed E-state index contributed by atoms with van der Waals surface area (Å²) in [7, 11) is 0. The van der Waals surface area contributed by atoms with E-state index in [0.29, 0.717) is 10.6 Å². The van der Waals surface area contributed by atoms with E-state index >= 15 is 0 Å². The maximum atomic E-state index is 13.3. The Balaban J connectivity index is 2.25. The van der Waals surface area contributed by atoms with Crippen LogP contribution in [0.3, 0.4) is 0 Å². The number of benzene rings is 1. The Bertz CT molecular complexity index is 606. The molecule has 1 aromatic carbocycles. The molecule has 0 radical (unpaired) electrons. The molecule has 6 heteroatoms. The van der Waals surface area contributed by atoms with Crippen molar-refractivity contribution in [2.24, 2.45) is 0 Å². The van der Waals surface area contributed by atoms with Crippen LogP contribution in [0.25, 0.3) is 0 Å². The molecule has 0 aliphatic carbocycles. The van der Waals surface area contributed by atoms with E-state index in [2.05, 4.69) is 4.98 Å². The van der Waals surface area contributed by atoms with Crippen LogP contribution in [0.2, 0.25) is 15.1 Å². The average Bonchev–Trinajstić information content (AvgIpc) is 2.34. The lowest BCUT2D eigenvalue weighted by molar-refractivity contribution is 0.173. The van der Waals surface area contributed by atoms with Crippen LogP contribution in [0, 0.1) is 5.82 Å². The summed E-state index contributed by atoms with van der Waals surface area (Å²) >= 11 is 17.5. The molecule has 2 rings (SSSR count). The third-order valence-electron chi connectivity index (χ3n) is 2.60. The van der Waals surface area contributed by atoms with Gasteiger partial charge in [0.2, 0.25) is 0 Å². The highest BCUT2D eigenvalue weighted by molar-refractivity contribution is 6.34. The lowest BCUT2D eigenvalue weighted by Gasteiger charge is -2.13. The van der Waals surface area contributed by atoms with Crippen LogP contribution >= 0.6 is 34.8 Å². The van der Waals surface area contributed by atoms with E-state index in [1.165, 1.54) is 24.4 Å². The summed E-state index contributed by atoms with van der Waals surface area (Å²) in [5.41, 5.74) is 0.772. The Morgan fingerprint density at radius 1 is 1.26 bits per heavy atom. The summed E-state index contributed by atoms with van der Waals surface area (Å²) in [5.74, 6) is -0.526. The smallest absolute Gasteiger partial charge is 0.142 e. The summed E-state index contributed by atoms with van der Waals surface area (Å²) in [6.45, 7) is 0. The first-order valence-electron chi connectivity index (χ1n) is 5.41. The number of nitrogens with zero attached hydrogens (tertiary/aromatic N) is 1. The van der Waals surface area contributed by atoms with Gasteiger partial charge in [0.25, 0.3) is 0 Å². The SMILES string of the molecule is OC(Cc1cccc(F)c1Cl)c1ncc(Cl)cc1Cl. The fourth-order valence-corrected chi connectivity index (χ4v) is 2.39. The maximum Gasteiger partial charge on any atom is 0.142 e. The highest BCUT2D eigenvalue weighted by atomic mass is 35.5. The van der Waals surface area contributed by atoms with Crippen molar-refractivity contribution in [3.8, 4) is 0 Å². The van der Waals surface area contributed by atoms with E-state index in [1.54, 1.807) is 6.07 Å². The molecule has 1 N–H and O–H groups in total. The van der Waals surface area contributed by atoms with Crippen molar-refractivity contribution in [1.29, 1.82) is 0 Å². The van der Waals surface area contributed by atoms with E-state index in [0.717, 1.165) is 0 Å². The summed E-state index contributed by atoms with van der Waals surface area (Å²) in [6, 6.07) is 5.91. The highest BCUT2D eigenvalue weighted by Crippen LogP contribution is 2.29. The molecule has 1 aromatic heterocycles. The molecule has 0 spiro atoms. The fourth-order valence-electron chi connectivity index (χ4n) is 1.68. The molecule has 19 heavy (non-hydrogen) atoms. The van der Waals surface area contributed by atoms with Gasteiger partial charge in [-0.25, -0.2) is 4.39 Å². The van der Waals surface area contributed by atoms with Crippen LogP contribution in [0.4, 0.5) is 4.39 Å². The van der Waals surface area contributed by atoms with Gasteiger partial charge in [0.05, 0.1) is 20.8 Å². The van der Waals surface area contributed by atoms with Crippen LogP contribution in [-0.4, -0.2) is 10.1 Å². The number of aliphatic hydroxyl groups is 1. The third kappa shape index (κ3) is 3.37. The normalized spacial score (nSPS) is 12.5. The van der Waals surface area contributed by atoms with Gasteiger partial charge in [0.1, 0.15) is 11.9 Å². The lowest BCUT2D eigenvalue weighted by atomic mass is 10.0. The van der Waals surface area contributed by atoms with Crippen molar-refractivity contribution in [3.05, 3.63) is 62.6 Å². The van der Waals surface area contributed by atoms with Crippen LogP contribution in [0.15, 0.2) is 30.5 Å². The number of hydrogen-bond donors (Lipinski definition) is 1. The second-order valence-corrected chi connectivity index (χ2v) is 5.18. The zero-order valence-electron chi connectivity index (χ0n) is 9.58. The molecule has 0 saturated heterocycles.